The van der Waals surface area contributed by atoms with Crippen LogP contribution in [0.4, 0.5) is 5.69 Å². The van der Waals surface area contributed by atoms with Gasteiger partial charge < -0.3 is 5.32 Å². The molecule has 2 heterocycles. The average Bonchev–Trinajstić information content (AvgIpc) is 3.16. The predicted octanol–water partition coefficient (Wildman–Crippen LogP) is 4.46. The van der Waals surface area contributed by atoms with Gasteiger partial charge in [0.1, 0.15) is 0 Å². The van der Waals surface area contributed by atoms with Crippen LogP contribution >= 0.6 is 23.4 Å². The quantitative estimate of drug-likeness (QED) is 0.434. The summed E-state index contributed by atoms with van der Waals surface area (Å²) in [5, 5.41) is 13.1. The van der Waals surface area contributed by atoms with E-state index in [-0.39, 0.29) is 17.2 Å². The maximum atomic E-state index is 12.9. The Kier molecular flexibility index (Phi) is 6.02. The number of amides is 1. The van der Waals surface area contributed by atoms with Gasteiger partial charge in [0.05, 0.1) is 27.4 Å². The number of carbonyl (C=O) groups is 1. The fraction of sp³-hybridized carbons (Fsp3) is 0.273. The molecule has 0 unspecified atom stereocenters. The molecule has 7 nitrogen and oxygen atoms in total. The van der Waals surface area contributed by atoms with E-state index in [0.717, 1.165) is 23.1 Å². The fourth-order valence-corrected chi connectivity index (χ4v) is 4.74. The van der Waals surface area contributed by atoms with Gasteiger partial charge in [0.2, 0.25) is 11.7 Å². The zero-order valence-corrected chi connectivity index (χ0v) is 19.0. The van der Waals surface area contributed by atoms with E-state index in [1.54, 1.807) is 10.6 Å². The highest BCUT2D eigenvalue weighted by atomic mass is 35.5. The first-order chi connectivity index (χ1) is 14.9. The Morgan fingerprint density at radius 1 is 1.19 bits per heavy atom. The molecule has 0 saturated carbocycles. The van der Waals surface area contributed by atoms with E-state index in [2.05, 4.69) is 15.5 Å². The average molecular weight is 456 g/mol. The number of carbonyl (C=O) groups excluding carboxylic acids is 1. The largest absolute Gasteiger partial charge is 0.324 e. The monoisotopic (exact) mass is 455 g/mol. The maximum Gasteiger partial charge on any atom is 0.262 e. The SMILES string of the molecule is CCCn1c(=O)c2ccccc2n2c(SCC(=O)Nc3c(C)cc(C)cc3Cl)nnc12. The van der Waals surface area contributed by atoms with Gasteiger partial charge >= 0.3 is 0 Å². The standard InChI is InChI=1S/C22H22ClN5O2S/c1-4-9-27-20(30)15-7-5-6-8-17(15)28-21(27)25-26-22(28)31-12-18(29)24-19-14(3)10-13(2)11-16(19)23/h5-8,10-11H,4,9,12H2,1-3H3,(H,24,29). The first kappa shape index (κ1) is 21.4. The molecule has 0 aliphatic heterocycles. The lowest BCUT2D eigenvalue weighted by molar-refractivity contribution is -0.113. The van der Waals surface area contributed by atoms with Crippen LogP contribution in [0.25, 0.3) is 16.7 Å². The zero-order chi connectivity index (χ0) is 22.1. The van der Waals surface area contributed by atoms with Crippen molar-refractivity contribution in [1.82, 2.24) is 19.2 Å². The van der Waals surface area contributed by atoms with Gasteiger partial charge in [-0.15, -0.1) is 10.2 Å². The number of hydrogen-bond acceptors (Lipinski definition) is 5. The molecule has 0 atom stereocenters. The van der Waals surface area contributed by atoms with Gasteiger partial charge in [-0.2, -0.15) is 0 Å². The summed E-state index contributed by atoms with van der Waals surface area (Å²) in [6.45, 7) is 6.42. The van der Waals surface area contributed by atoms with Crippen LogP contribution in [0.3, 0.4) is 0 Å². The highest BCUT2D eigenvalue weighted by Gasteiger charge is 2.18. The summed E-state index contributed by atoms with van der Waals surface area (Å²) >= 11 is 7.57. The molecule has 4 aromatic rings. The van der Waals surface area contributed by atoms with Crippen molar-refractivity contribution in [1.29, 1.82) is 0 Å². The summed E-state index contributed by atoms with van der Waals surface area (Å²) in [7, 11) is 0. The van der Waals surface area contributed by atoms with E-state index in [0.29, 0.717) is 33.6 Å². The minimum absolute atomic E-state index is 0.0869. The topological polar surface area (TPSA) is 81.3 Å². The zero-order valence-electron chi connectivity index (χ0n) is 17.5. The van der Waals surface area contributed by atoms with Gasteiger partial charge in [0.25, 0.3) is 5.56 Å². The van der Waals surface area contributed by atoms with E-state index in [1.165, 1.54) is 11.8 Å². The van der Waals surface area contributed by atoms with Crippen molar-refractivity contribution in [2.75, 3.05) is 11.1 Å². The Hall–Kier alpha value is -2.84. The Labute approximate surface area is 188 Å². The molecule has 0 bridgehead atoms. The Balaban J connectivity index is 1.65. The van der Waals surface area contributed by atoms with Crippen LogP contribution in [0.1, 0.15) is 24.5 Å². The third-order valence-electron chi connectivity index (χ3n) is 4.95. The lowest BCUT2D eigenvalue weighted by atomic mass is 10.1. The number of para-hydroxylation sites is 1. The predicted molar refractivity (Wildman–Crippen MR) is 125 cm³/mol. The van der Waals surface area contributed by atoms with Crippen molar-refractivity contribution in [3.63, 3.8) is 0 Å². The maximum absolute atomic E-state index is 12.9. The molecule has 31 heavy (non-hydrogen) atoms. The molecule has 2 aromatic carbocycles. The number of nitrogens with zero attached hydrogens (tertiary/aromatic N) is 4. The van der Waals surface area contributed by atoms with Crippen molar-refractivity contribution in [3.05, 3.63) is 62.9 Å². The van der Waals surface area contributed by atoms with Crippen molar-refractivity contribution < 1.29 is 4.79 Å². The van der Waals surface area contributed by atoms with Gasteiger partial charge in [-0.1, -0.05) is 48.5 Å². The van der Waals surface area contributed by atoms with Gasteiger partial charge in [0, 0.05) is 6.54 Å². The number of anilines is 1. The molecule has 0 spiro atoms. The normalized spacial score (nSPS) is 11.4. The van der Waals surface area contributed by atoms with Gasteiger partial charge in [-0.05, 0) is 49.6 Å². The Morgan fingerprint density at radius 2 is 1.97 bits per heavy atom. The lowest BCUT2D eigenvalue weighted by Gasteiger charge is -2.12. The number of rotatable bonds is 6. The molecule has 160 valence electrons. The summed E-state index contributed by atoms with van der Waals surface area (Å²) in [6.07, 6.45) is 0.794. The van der Waals surface area contributed by atoms with E-state index >= 15 is 0 Å². The van der Waals surface area contributed by atoms with Crippen LogP contribution in [0.15, 0.2) is 46.3 Å². The number of hydrogen-bond donors (Lipinski definition) is 1. The fourth-order valence-electron chi connectivity index (χ4n) is 3.63. The molecule has 0 saturated heterocycles. The van der Waals surface area contributed by atoms with Crippen molar-refractivity contribution in [3.8, 4) is 0 Å². The molecule has 9 heteroatoms. The van der Waals surface area contributed by atoms with Gasteiger partial charge in [-0.25, -0.2) is 0 Å². The van der Waals surface area contributed by atoms with E-state index < -0.39 is 0 Å². The molecule has 0 aliphatic rings. The van der Waals surface area contributed by atoms with E-state index in [1.807, 2.05) is 55.5 Å². The minimum Gasteiger partial charge on any atom is -0.324 e. The molecule has 2 aromatic heterocycles. The lowest BCUT2D eigenvalue weighted by Crippen LogP contribution is -2.23. The number of benzene rings is 2. The van der Waals surface area contributed by atoms with Crippen LogP contribution < -0.4 is 10.9 Å². The van der Waals surface area contributed by atoms with Crippen LogP contribution in [0.2, 0.25) is 5.02 Å². The number of halogens is 1. The van der Waals surface area contributed by atoms with Crippen LogP contribution in [0, 0.1) is 13.8 Å². The van der Waals surface area contributed by atoms with Crippen molar-refractivity contribution in [2.45, 2.75) is 38.9 Å². The highest BCUT2D eigenvalue weighted by molar-refractivity contribution is 7.99. The van der Waals surface area contributed by atoms with E-state index in [9.17, 15) is 9.59 Å². The summed E-state index contributed by atoms with van der Waals surface area (Å²) in [5.41, 5.74) is 3.20. The number of aryl methyl sites for hydroxylation is 3. The molecule has 1 amide bonds. The number of nitrogens with one attached hydrogen (secondary N) is 1. The molecule has 4 rings (SSSR count). The number of aromatic nitrogens is 4. The Morgan fingerprint density at radius 3 is 2.71 bits per heavy atom. The summed E-state index contributed by atoms with van der Waals surface area (Å²) in [6, 6.07) is 11.2. The number of fused-ring (bicyclic) bond motifs is 3. The molecule has 0 radical (unpaired) electrons. The number of thioether (sulfide) groups is 1. The van der Waals surface area contributed by atoms with Crippen molar-refractivity contribution >= 4 is 51.6 Å². The first-order valence-electron chi connectivity index (χ1n) is 9.96. The molecular weight excluding hydrogens is 434 g/mol. The summed E-state index contributed by atoms with van der Waals surface area (Å²) in [5.74, 6) is 0.416. The van der Waals surface area contributed by atoms with Crippen molar-refractivity contribution in [2.24, 2.45) is 0 Å². The second-order valence-electron chi connectivity index (χ2n) is 7.37. The smallest absolute Gasteiger partial charge is 0.262 e. The molecule has 1 N–H and O–H groups in total. The van der Waals surface area contributed by atoms with Gasteiger partial charge in [-0.3, -0.25) is 18.6 Å². The summed E-state index contributed by atoms with van der Waals surface area (Å²) in [4.78, 5) is 25.5. The minimum atomic E-state index is -0.193. The van der Waals surface area contributed by atoms with Crippen LogP contribution in [0.5, 0.6) is 0 Å². The molecule has 0 aliphatic carbocycles. The Bertz CT molecular complexity index is 1340. The highest BCUT2D eigenvalue weighted by Crippen LogP contribution is 2.28. The van der Waals surface area contributed by atoms with Gasteiger partial charge in [0.15, 0.2) is 5.16 Å². The second kappa shape index (κ2) is 8.72. The van der Waals surface area contributed by atoms with E-state index in [4.69, 9.17) is 11.6 Å². The molecular formula is C22H22ClN5O2S. The second-order valence-corrected chi connectivity index (χ2v) is 8.72. The third kappa shape index (κ3) is 4.05. The molecule has 0 fully saturated rings. The third-order valence-corrected chi connectivity index (χ3v) is 6.18. The van der Waals surface area contributed by atoms with Crippen LogP contribution in [-0.2, 0) is 11.3 Å². The van der Waals surface area contributed by atoms with Crippen LogP contribution in [-0.4, -0.2) is 30.8 Å². The first-order valence-corrected chi connectivity index (χ1v) is 11.3. The summed E-state index contributed by atoms with van der Waals surface area (Å²) < 4.78 is 3.48.